The van der Waals surface area contributed by atoms with E-state index in [1.807, 2.05) is 25.1 Å². The van der Waals surface area contributed by atoms with Crippen LogP contribution in [0.25, 0.3) is 23.1 Å². The summed E-state index contributed by atoms with van der Waals surface area (Å²) in [5.74, 6) is -0.284. The molecule has 2 nitrogen and oxygen atoms in total. The third-order valence-corrected chi connectivity index (χ3v) is 3.43. The molecule has 0 amide bonds. The van der Waals surface area contributed by atoms with Crippen molar-refractivity contribution in [3.05, 3.63) is 81.5 Å². The zero-order valence-electron chi connectivity index (χ0n) is 11.5. The summed E-state index contributed by atoms with van der Waals surface area (Å²) in [7, 11) is 0. The fourth-order valence-electron chi connectivity index (χ4n) is 2.26. The zero-order valence-corrected chi connectivity index (χ0v) is 11.5. The third-order valence-electron chi connectivity index (χ3n) is 3.43. The molecule has 0 radical (unpaired) electrons. The first-order valence-corrected chi connectivity index (χ1v) is 6.61. The van der Waals surface area contributed by atoms with E-state index in [9.17, 15) is 9.18 Å². The van der Waals surface area contributed by atoms with Crippen LogP contribution >= 0.6 is 0 Å². The first-order chi connectivity index (χ1) is 10.1. The van der Waals surface area contributed by atoms with Gasteiger partial charge < -0.3 is 4.42 Å². The summed E-state index contributed by atoms with van der Waals surface area (Å²) in [6.07, 6.45) is 3.48. The molecule has 0 saturated carbocycles. The van der Waals surface area contributed by atoms with Gasteiger partial charge in [-0.25, -0.2) is 9.18 Å². The topological polar surface area (TPSA) is 30.2 Å². The average Bonchev–Trinajstić information content (AvgIpc) is 2.49. The molecule has 104 valence electrons. The normalized spacial score (nSPS) is 11.3. The van der Waals surface area contributed by atoms with Gasteiger partial charge in [0.05, 0.1) is 5.56 Å². The quantitative estimate of drug-likeness (QED) is 0.651. The number of hydrogen-bond acceptors (Lipinski definition) is 2. The van der Waals surface area contributed by atoms with Crippen molar-refractivity contribution in [1.29, 1.82) is 0 Å². The second kappa shape index (κ2) is 5.37. The van der Waals surface area contributed by atoms with Gasteiger partial charge in [0.1, 0.15) is 11.4 Å². The number of aryl methyl sites for hydroxylation is 1. The Bertz CT molecular complexity index is 874. The van der Waals surface area contributed by atoms with Crippen molar-refractivity contribution in [3.8, 4) is 0 Å². The van der Waals surface area contributed by atoms with Crippen LogP contribution in [0.1, 0.15) is 16.7 Å². The van der Waals surface area contributed by atoms with Crippen molar-refractivity contribution in [2.24, 2.45) is 0 Å². The van der Waals surface area contributed by atoms with E-state index in [0.29, 0.717) is 11.1 Å². The molecule has 2 aromatic carbocycles. The maximum atomic E-state index is 12.9. The number of rotatable bonds is 2. The van der Waals surface area contributed by atoms with Gasteiger partial charge in [-0.15, -0.1) is 0 Å². The number of fused-ring (bicyclic) bond motifs is 1. The molecule has 3 aromatic rings. The third kappa shape index (κ3) is 2.63. The van der Waals surface area contributed by atoms with Crippen LogP contribution in [-0.2, 0) is 0 Å². The molecule has 3 heteroatoms. The molecular weight excluding hydrogens is 267 g/mol. The molecule has 21 heavy (non-hydrogen) atoms. The fourth-order valence-corrected chi connectivity index (χ4v) is 2.26. The molecular formula is C18H13FO2. The van der Waals surface area contributed by atoms with Crippen LogP contribution in [0.2, 0.25) is 0 Å². The Morgan fingerprint density at radius 3 is 2.48 bits per heavy atom. The highest BCUT2D eigenvalue weighted by molar-refractivity contribution is 5.84. The van der Waals surface area contributed by atoms with Gasteiger partial charge in [0.2, 0.25) is 0 Å². The van der Waals surface area contributed by atoms with E-state index in [1.165, 1.54) is 12.1 Å². The molecule has 0 fully saturated rings. The van der Waals surface area contributed by atoms with E-state index in [-0.39, 0.29) is 11.4 Å². The first-order valence-electron chi connectivity index (χ1n) is 6.61. The second-order valence-corrected chi connectivity index (χ2v) is 4.81. The predicted molar refractivity (Wildman–Crippen MR) is 82.5 cm³/mol. The molecule has 0 saturated heterocycles. The summed E-state index contributed by atoms with van der Waals surface area (Å²) in [5, 5.41) is 0.913. The molecule has 1 heterocycles. The summed E-state index contributed by atoms with van der Waals surface area (Å²) in [4.78, 5) is 12.1. The van der Waals surface area contributed by atoms with Gasteiger partial charge >= 0.3 is 5.63 Å². The Kier molecular flexibility index (Phi) is 3.40. The van der Waals surface area contributed by atoms with Crippen LogP contribution in [0.5, 0.6) is 0 Å². The monoisotopic (exact) mass is 280 g/mol. The standard InChI is InChI=1S/C18H13FO2/c1-12-15-4-2-3-5-17(15)21-18(20)16(12)11-8-13-6-9-14(19)10-7-13/h2-11H,1H3/b11-8+. The van der Waals surface area contributed by atoms with Gasteiger partial charge in [0.15, 0.2) is 0 Å². The van der Waals surface area contributed by atoms with Crippen molar-refractivity contribution in [1.82, 2.24) is 0 Å². The van der Waals surface area contributed by atoms with Crippen molar-refractivity contribution in [2.75, 3.05) is 0 Å². The molecule has 0 bridgehead atoms. The lowest BCUT2D eigenvalue weighted by Gasteiger charge is -2.03. The summed E-state index contributed by atoms with van der Waals surface area (Å²) in [6, 6.07) is 13.5. The zero-order chi connectivity index (χ0) is 14.8. The Balaban J connectivity index is 2.08. The van der Waals surface area contributed by atoms with Crippen molar-refractivity contribution < 1.29 is 8.81 Å². The van der Waals surface area contributed by atoms with Gasteiger partial charge in [0, 0.05) is 5.39 Å². The molecule has 0 N–H and O–H groups in total. The number of halogens is 1. The highest BCUT2D eigenvalue weighted by atomic mass is 19.1. The van der Waals surface area contributed by atoms with E-state index in [0.717, 1.165) is 16.5 Å². The van der Waals surface area contributed by atoms with Crippen molar-refractivity contribution in [2.45, 2.75) is 6.92 Å². The summed E-state index contributed by atoms with van der Waals surface area (Å²) in [5.41, 5.74) is 2.42. The molecule has 0 aliphatic carbocycles. The van der Waals surface area contributed by atoms with Crippen LogP contribution in [0.15, 0.2) is 57.7 Å². The van der Waals surface area contributed by atoms with Gasteiger partial charge in [-0.3, -0.25) is 0 Å². The van der Waals surface area contributed by atoms with E-state index in [1.54, 1.807) is 30.4 Å². The highest BCUT2D eigenvalue weighted by Gasteiger charge is 2.07. The lowest BCUT2D eigenvalue weighted by molar-refractivity contribution is 0.558. The number of para-hydroxylation sites is 1. The predicted octanol–water partition coefficient (Wildman–Crippen LogP) is 4.41. The highest BCUT2D eigenvalue weighted by Crippen LogP contribution is 2.20. The fraction of sp³-hybridized carbons (Fsp3) is 0.0556. The van der Waals surface area contributed by atoms with Crippen LogP contribution in [0.4, 0.5) is 4.39 Å². The first kappa shape index (κ1) is 13.3. The van der Waals surface area contributed by atoms with Crippen LogP contribution in [-0.4, -0.2) is 0 Å². The SMILES string of the molecule is Cc1c(/C=C/c2ccc(F)cc2)c(=O)oc2ccccc12. The smallest absolute Gasteiger partial charge is 0.343 e. The molecule has 0 unspecified atom stereocenters. The van der Waals surface area contributed by atoms with Crippen molar-refractivity contribution >= 4 is 23.1 Å². The second-order valence-electron chi connectivity index (χ2n) is 4.81. The Morgan fingerprint density at radius 1 is 1.00 bits per heavy atom. The average molecular weight is 280 g/mol. The summed E-state index contributed by atoms with van der Waals surface area (Å²) >= 11 is 0. The minimum atomic E-state index is -0.371. The summed E-state index contributed by atoms with van der Waals surface area (Å²) in [6.45, 7) is 1.89. The lowest BCUT2D eigenvalue weighted by Crippen LogP contribution is -2.05. The Labute approximate surface area is 121 Å². The number of hydrogen-bond donors (Lipinski definition) is 0. The van der Waals surface area contributed by atoms with E-state index in [2.05, 4.69) is 0 Å². The maximum absolute atomic E-state index is 12.9. The molecule has 0 aliphatic heterocycles. The molecule has 0 atom stereocenters. The van der Waals surface area contributed by atoms with E-state index in [4.69, 9.17) is 4.42 Å². The number of benzene rings is 2. The van der Waals surface area contributed by atoms with Gasteiger partial charge in [0.25, 0.3) is 0 Å². The Morgan fingerprint density at radius 2 is 1.71 bits per heavy atom. The minimum Gasteiger partial charge on any atom is -0.422 e. The van der Waals surface area contributed by atoms with E-state index >= 15 is 0 Å². The molecule has 3 rings (SSSR count). The largest absolute Gasteiger partial charge is 0.422 e. The maximum Gasteiger partial charge on any atom is 0.343 e. The Hall–Kier alpha value is -2.68. The summed E-state index contributed by atoms with van der Waals surface area (Å²) < 4.78 is 18.2. The van der Waals surface area contributed by atoms with Gasteiger partial charge in [-0.05, 0) is 42.3 Å². The van der Waals surface area contributed by atoms with Gasteiger partial charge in [-0.2, -0.15) is 0 Å². The molecule has 1 aromatic heterocycles. The molecule has 0 spiro atoms. The van der Waals surface area contributed by atoms with Crippen LogP contribution in [0, 0.1) is 12.7 Å². The van der Waals surface area contributed by atoms with Crippen molar-refractivity contribution in [3.63, 3.8) is 0 Å². The van der Waals surface area contributed by atoms with E-state index < -0.39 is 0 Å². The minimum absolute atomic E-state index is 0.284. The molecule has 0 aliphatic rings. The van der Waals surface area contributed by atoms with Crippen LogP contribution in [0.3, 0.4) is 0 Å². The van der Waals surface area contributed by atoms with Crippen LogP contribution < -0.4 is 5.63 Å². The lowest BCUT2D eigenvalue weighted by atomic mass is 10.0. The van der Waals surface area contributed by atoms with Gasteiger partial charge in [-0.1, -0.05) is 36.4 Å².